The molecule has 2 rings (SSSR count). The van der Waals surface area contributed by atoms with Crippen molar-refractivity contribution < 1.29 is 4.74 Å². The molecule has 0 saturated heterocycles. The maximum atomic E-state index is 7.27. The van der Waals surface area contributed by atoms with Gasteiger partial charge in [-0.15, -0.1) is 0 Å². The first-order chi connectivity index (χ1) is 6.48. The third-order valence-corrected chi connectivity index (χ3v) is 2.23. The van der Waals surface area contributed by atoms with Gasteiger partial charge in [0.25, 0.3) is 0 Å². The SMILES string of the molecule is CC1(C)Cc2cc(C(=N)N)ncc2O1. The quantitative estimate of drug-likeness (QED) is 0.515. The van der Waals surface area contributed by atoms with E-state index in [1.165, 1.54) is 0 Å². The molecule has 0 aromatic carbocycles. The lowest BCUT2D eigenvalue weighted by atomic mass is 10.0. The number of hydrogen-bond acceptors (Lipinski definition) is 3. The standard InChI is InChI=1S/C10H13N3O/c1-10(2)4-6-3-7(9(11)12)13-5-8(6)14-10/h3,5H,4H2,1-2H3,(H3,11,12). The van der Waals surface area contributed by atoms with E-state index < -0.39 is 0 Å². The normalized spacial score (nSPS) is 17.3. The van der Waals surface area contributed by atoms with Crippen LogP contribution in [0.3, 0.4) is 0 Å². The van der Waals surface area contributed by atoms with E-state index in [-0.39, 0.29) is 11.4 Å². The number of pyridine rings is 1. The van der Waals surface area contributed by atoms with Crippen LogP contribution in [0.1, 0.15) is 25.1 Å². The monoisotopic (exact) mass is 191 g/mol. The molecular weight excluding hydrogens is 178 g/mol. The molecule has 0 radical (unpaired) electrons. The number of nitrogens with one attached hydrogen (secondary N) is 1. The van der Waals surface area contributed by atoms with Crippen LogP contribution in [-0.2, 0) is 6.42 Å². The largest absolute Gasteiger partial charge is 0.486 e. The highest BCUT2D eigenvalue weighted by Crippen LogP contribution is 2.34. The third kappa shape index (κ3) is 1.43. The lowest BCUT2D eigenvalue weighted by molar-refractivity contribution is 0.138. The zero-order valence-electron chi connectivity index (χ0n) is 8.29. The molecule has 1 aliphatic heterocycles. The number of nitrogens with zero attached hydrogens (tertiary/aromatic N) is 1. The van der Waals surface area contributed by atoms with Gasteiger partial charge in [-0.05, 0) is 19.9 Å². The van der Waals surface area contributed by atoms with Gasteiger partial charge in [0.1, 0.15) is 22.9 Å². The second-order valence-electron chi connectivity index (χ2n) is 4.13. The topological polar surface area (TPSA) is 72.0 Å². The summed E-state index contributed by atoms with van der Waals surface area (Å²) in [5, 5.41) is 7.27. The van der Waals surface area contributed by atoms with Crippen molar-refractivity contribution >= 4 is 5.84 Å². The van der Waals surface area contributed by atoms with Gasteiger partial charge in [0.05, 0.1) is 6.20 Å². The average Bonchev–Trinajstić information content (AvgIpc) is 2.36. The lowest BCUT2D eigenvalue weighted by Crippen LogP contribution is -2.24. The maximum absolute atomic E-state index is 7.27. The van der Waals surface area contributed by atoms with Crippen LogP contribution in [0.25, 0.3) is 0 Å². The number of nitrogen functional groups attached to an aromatic ring is 1. The first-order valence-electron chi connectivity index (χ1n) is 4.50. The van der Waals surface area contributed by atoms with Gasteiger partial charge in [-0.3, -0.25) is 5.41 Å². The smallest absolute Gasteiger partial charge is 0.141 e. The fourth-order valence-electron chi connectivity index (χ4n) is 1.65. The van der Waals surface area contributed by atoms with Crippen LogP contribution in [0.15, 0.2) is 12.3 Å². The Labute approximate surface area is 82.6 Å². The zero-order valence-corrected chi connectivity index (χ0v) is 8.29. The predicted octanol–water partition coefficient (Wildman–Crippen LogP) is 1.08. The minimum atomic E-state index is -0.167. The third-order valence-electron chi connectivity index (χ3n) is 2.23. The Kier molecular flexibility index (Phi) is 1.74. The highest BCUT2D eigenvalue weighted by atomic mass is 16.5. The molecule has 2 heterocycles. The summed E-state index contributed by atoms with van der Waals surface area (Å²) >= 11 is 0. The number of amidine groups is 1. The van der Waals surface area contributed by atoms with Crippen LogP contribution in [0.2, 0.25) is 0 Å². The van der Waals surface area contributed by atoms with Gasteiger partial charge >= 0.3 is 0 Å². The lowest BCUT2D eigenvalue weighted by Gasteiger charge is -2.16. The summed E-state index contributed by atoms with van der Waals surface area (Å²) in [5.41, 5.74) is 6.79. The van der Waals surface area contributed by atoms with Crippen molar-refractivity contribution in [1.29, 1.82) is 5.41 Å². The van der Waals surface area contributed by atoms with Gasteiger partial charge in [-0.2, -0.15) is 0 Å². The van der Waals surface area contributed by atoms with Crippen LogP contribution >= 0.6 is 0 Å². The predicted molar refractivity (Wildman–Crippen MR) is 53.7 cm³/mol. The van der Waals surface area contributed by atoms with Crippen LogP contribution in [0.4, 0.5) is 0 Å². The van der Waals surface area contributed by atoms with Crippen LogP contribution < -0.4 is 10.5 Å². The van der Waals surface area contributed by atoms with Crippen molar-refractivity contribution in [2.45, 2.75) is 25.9 Å². The number of aromatic nitrogens is 1. The second-order valence-corrected chi connectivity index (χ2v) is 4.13. The van der Waals surface area contributed by atoms with Crippen LogP contribution in [0.5, 0.6) is 5.75 Å². The van der Waals surface area contributed by atoms with E-state index in [4.69, 9.17) is 15.9 Å². The van der Waals surface area contributed by atoms with E-state index in [1.807, 2.05) is 19.9 Å². The molecule has 1 aliphatic rings. The Morgan fingerprint density at radius 2 is 2.36 bits per heavy atom. The van der Waals surface area contributed by atoms with Gasteiger partial charge in [0, 0.05) is 12.0 Å². The molecule has 4 nitrogen and oxygen atoms in total. The van der Waals surface area contributed by atoms with Crippen LogP contribution in [0, 0.1) is 5.41 Å². The van der Waals surface area contributed by atoms with Crippen LogP contribution in [-0.4, -0.2) is 16.4 Å². The Hall–Kier alpha value is -1.58. The molecule has 0 amide bonds. The minimum Gasteiger partial charge on any atom is -0.486 e. The van der Waals surface area contributed by atoms with Crippen molar-refractivity contribution in [3.05, 3.63) is 23.5 Å². The molecule has 74 valence electrons. The highest BCUT2D eigenvalue weighted by Gasteiger charge is 2.30. The zero-order chi connectivity index (χ0) is 10.3. The van der Waals surface area contributed by atoms with Crippen molar-refractivity contribution in [3.63, 3.8) is 0 Å². The van der Waals surface area contributed by atoms with Gasteiger partial charge in [0.2, 0.25) is 0 Å². The minimum absolute atomic E-state index is 0.00231. The van der Waals surface area contributed by atoms with Gasteiger partial charge in [-0.25, -0.2) is 4.98 Å². The molecule has 0 spiro atoms. The Morgan fingerprint density at radius 1 is 1.64 bits per heavy atom. The molecule has 0 aliphatic carbocycles. The molecule has 0 atom stereocenters. The Balaban J connectivity index is 2.40. The molecule has 1 aromatic rings. The summed E-state index contributed by atoms with van der Waals surface area (Å²) in [6.45, 7) is 4.06. The number of ether oxygens (including phenoxy) is 1. The molecule has 3 N–H and O–H groups in total. The summed E-state index contributed by atoms with van der Waals surface area (Å²) in [4.78, 5) is 4.04. The number of hydrogen-bond donors (Lipinski definition) is 2. The van der Waals surface area contributed by atoms with Gasteiger partial charge in [-0.1, -0.05) is 0 Å². The first-order valence-corrected chi connectivity index (χ1v) is 4.50. The van der Waals surface area contributed by atoms with E-state index in [0.717, 1.165) is 17.7 Å². The molecule has 0 saturated carbocycles. The van der Waals surface area contributed by atoms with Crippen molar-refractivity contribution in [2.75, 3.05) is 0 Å². The van der Waals surface area contributed by atoms with Crippen molar-refractivity contribution in [1.82, 2.24) is 4.98 Å². The summed E-state index contributed by atoms with van der Waals surface area (Å²) in [7, 11) is 0. The molecule has 0 unspecified atom stereocenters. The fraction of sp³-hybridized carbons (Fsp3) is 0.400. The molecular formula is C10H13N3O. The number of rotatable bonds is 1. The van der Waals surface area contributed by atoms with E-state index in [1.54, 1.807) is 6.20 Å². The summed E-state index contributed by atoms with van der Waals surface area (Å²) in [6.07, 6.45) is 2.48. The maximum Gasteiger partial charge on any atom is 0.141 e. The van der Waals surface area contributed by atoms with Gasteiger partial charge in [0.15, 0.2) is 0 Å². The molecule has 14 heavy (non-hydrogen) atoms. The second kappa shape index (κ2) is 2.70. The summed E-state index contributed by atoms with van der Waals surface area (Å²) < 4.78 is 5.66. The highest BCUT2D eigenvalue weighted by molar-refractivity contribution is 5.93. The summed E-state index contributed by atoms with van der Waals surface area (Å²) in [5.74, 6) is 0.803. The first kappa shape index (κ1) is 8.99. The Morgan fingerprint density at radius 3 is 3.00 bits per heavy atom. The molecule has 0 fully saturated rings. The Bertz CT molecular complexity index is 398. The molecule has 0 bridgehead atoms. The van der Waals surface area contributed by atoms with E-state index in [2.05, 4.69) is 4.98 Å². The van der Waals surface area contributed by atoms with Crippen molar-refractivity contribution in [3.8, 4) is 5.75 Å². The average molecular weight is 191 g/mol. The summed E-state index contributed by atoms with van der Waals surface area (Å²) in [6, 6.07) is 1.83. The number of fused-ring (bicyclic) bond motifs is 1. The van der Waals surface area contributed by atoms with E-state index in [0.29, 0.717) is 5.69 Å². The molecule has 1 aromatic heterocycles. The van der Waals surface area contributed by atoms with E-state index >= 15 is 0 Å². The van der Waals surface area contributed by atoms with E-state index in [9.17, 15) is 0 Å². The number of nitrogens with two attached hydrogens (primary N) is 1. The molecule has 4 heteroatoms. The fourth-order valence-corrected chi connectivity index (χ4v) is 1.65. The van der Waals surface area contributed by atoms with Gasteiger partial charge < -0.3 is 10.5 Å². The van der Waals surface area contributed by atoms with Crippen molar-refractivity contribution in [2.24, 2.45) is 5.73 Å².